The third-order valence-electron chi connectivity index (χ3n) is 3.68. The van der Waals surface area contributed by atoms with Gasteiger partial charge >= 0.3 is 0 Å². The van der Waals surface area contributed by atoms with Gasteiger partial charge in [0.05, 0.1) is 12.6 Å². The Kier molecular flexibility index (Phi) is 3.23. The number of aryl methyl sites for hydroxylation is 1. The van der Waals surface area contributed by atoms with Crippen molar-refractivity contribution in [1.29, 1.82) is 0 Å². The Bertz CT molecular complexity index is 352. The van der Waals surface area contributed by atoms with Gasteiger partial charge in [-0.2, -0.15) is 4.80 Å². The molecule has 16 heavy (non-hydrogen) atoms. The third kappa shape index (κ3) is 2.24. The van der Waals surface area contributed by atoms with E-state index in [9.17, 15) is 5.11 Å². The number of hydrogen-bond donors (Lipinski definition) is 1. The van der Waals surface area contributed by atoms with Crippen molar-refractivity contribution in [1.82, 2.24) is 20.2 Å². The lowest BCUT2D eigenvalue weighted by molar-refractivity contribution is -0.0505. The van der Waals surface area contributed by atoms with Gasteiger partial charge in [0.2, 0.25) is 0 Å². The molecule has 1 N–H and O–H groups in total. The summed E-state index contributed by atoms with van der Waals surface area (Å²) in [6.45, 7) is 2.14. The maximum absolute atomic E-state index is 10.7. The van der Waals surface area contributed by atoms with Crippen LogP contribution in [-0.4, -0.2) is 30.9 Å². The number of aromatic nitrogens is 4. The Balaban J connectivity index is 2.10. The summed E-state index contributed by atoms with van der Waals surface area (Å²) >= 11 is 0. The molecule has 0 saturated heterocycles. The van der Waals surface area contributed by atoms with E-state index in [1.54, 1.807) is 7.05 Å². The van der Waals surface area contributed by atoms with E-state index in [-0.39, 0.29) is 0 Å². The first kappa shape index (κ1) is 11.5. The molecule has 0 aliphatic heterocycles. The van der Waals surface area contributed by atoms with E-state index in [0.717, 1.165) is 25.7 Å². The van der Waals surface area contributed by atoms with Crippen molar-refractivity contribution in [3.05, 3.63) is 5.82 Å². The Morgan fingerprint density at radius 1 is 1.50 bits per heavy atom. The van der Waals surface area contributed by atoms with Crippen molar-refractivity contribution in [3.63, 3.8) is 0 Å². The van der Waals surface area contributed by atoms with Crippen LogP contribution in [0.2, 0.25) is 0 Å². The van der Waals surface area contributed by atoms with Crippen molar-refractivity contribution < 1.29 is 5.11 Å². The summed E-state index contributed by atoms with van der Waals surface area (Å²) in [7, 11) is 1.75. The van der Waals surface area contributed by atoms with Gasteiger partial charge in [-0.1, -0.05) is 26.2 Å². The van der Waals surface area contributed by atoms with Gasteiger partial charge in [-0.3, -0.25) is 0 Å². The minimum atomic E-state index is -0.615. The smallest absolute Gasteiger partial charge is 0.177 e. The first-order valence-electron chi connectivity index (χ1n) is 6.09. The maximum atomic E-state index is 10.7. The summed E-state index contributed by atoms with van der Waals surface area (Å²) in [6.07, 6.45) is 5.88. The average Bonchev–Trinajstić information content (AvgIpc) is 2.64. The zero-order chi connectivity index (χ0) is 11.6. The highest BCUT2D eigenvalue weighted by molar-refractivity contribution is 4.97. The van der Waals surface area contributed by atoms with E-state index >= 15 is 0 Å². The van der Waals surface area contributed by atoms with Gasteiger partial charge in [0.1, 0.15) is 0 Å². The highest BCUT2D eigenvalue weighted by Crippen LogP contribution is 2.37. The van der Waals surface area contributed by atoms with Crippen LogP contribution in [0.15, 0.2) is 0 Å². The van der Waals surface area contributed by atoms with Crippen LogP contribution < -0.4 is 0 Å². The van der Waals surface area contributed by atoms with Crippen LogP contribution in [0.1, 0.15) is 44.9 Å². The van der Waals surface area contributed by atoms with Crippen LogP contribution in [0.5, 0.6) is 0 Å². The van der Waals surface area contributed by atoms with Gasteiger partial charge in [-0.25, -0.2) is 0 Å². The monoisotopic (exact) mass is 224 g/mol. The summed E-state index contributed by atoms with van der Waals surface area (Å²) in [5, 5.41) is 22.6. The summed E-state index contributed by atoms with van der Waals surface area (Å²) < 4.78 is 0. The fourth-order valence-corrected chi connectivity index (χ4v) is 2.78. The zero-order valence-corrected chi connectivity index (χ0v) is 10.1. The van der Waals surface area contributed by atoms with Crippen LogP contribution >= 0.6 is 0 Å². The van der Waals surface area contributed by atoms with Crippen LogP contribution in [-0.2, 0) is 13.5 Å². The topological polar surface area (TPSA) is 63.8 Å². The average molecular weight is 224 g/mol. The van der Waals surface area contributed by atoms with E-state index in [4.69, 9.17) is 0 Å². The number of hydrogen-bond acceptors (Lipinski definition) is 4. The first-order chi connectivity index (χ1) is 7.64. The molecule has 1 heterocycles. The number of rotatable bonds is 3. The summed E-state index contributed by atoms with van der Waals surface area (Å²) in [4.78, 5) is 1.45. The Morgan fingerprint density at radius 2 is 2.31 bits per heavy atom. The fraction of sp³-hybridized carbons (Fsp3) is 0.909. The molecule has 1 fully saturated rings. The normalized spacial score (nSPS) is 30.6. The lowest BCUT2D eigenvalue weighted by Crippen LogP contribution is -2.42. The van der Waals surface area contributed by atoms with Crippen molar-refractivity contribution in [2.75, 3.05) is 0 Å². The van der Waals surface area contributed by atoms with Crippen molar-refractivity contribution >= 4 is 0 Å². The molecule has 1 aromatic rings. The van der Waals surface area contributed by atoms with Gasteiger partial charge in [-0.15, -0.1) is 10.2 Å². The molecule has 90 valence electrons. The molecule has 1 aromatic heterocycles. The summed E-state index contributed by atoms with van der Waals surface area (Å²) in [5.74, 6) is 1.04. The molecule has 2 unspecified atom stereocenters. The molecule has 0 aromatic carbocycles. The van der Waals surface area contributed by atoms with Crippen LogP contribution in [0.25, 0.3) is 0 Å². The summed E-state index contributed by atoms with van der Waals surface area (Å²) in [6, 6.07) is 0. The minimum absolute atomic E-state index is 0.380. The molecular formula is C11H20N4O. The minimum Gasteiger partial charge on any atom is -0.389 e. The summed E-state index contributed by atoms with van der Waals surface area (Å²) in [5.41, 5.74) is -0.615. The standard InChI is InChI=1S/C11H20N4O/c1-3-9-6-4-5-7-11(9,16)8-10-12-14-15(2)13-10/h9,16H,3-8H2,1-2H3. The van der Waals surface area contributed by atoms with Crippen LogP contribution in [0.4, 0.5) is 0 Å². The molecular weight excluding hydrogens is 204 g/mol. The zero-order valence-electron chi connectivity index (χ0n) is 10.1. The number of aliphatic hydroxyl groups is 1. The predicted molar refractivity (Wildman–Crippen MR) is 59.7 cm³/mol. The van der Waals surface area contributed by atoms with E-state index in [1.807, 2.05) is 0 Å². The third-order valence-corrected chi connectivity index (χ3v) is 3.68. The molecule has 0 amide bonds. The van der Waals surface area contributed by atoms with Crippen molar-refractivity contribution in [3.8, 4) is 0 Å². The lowest BCUT2D eigenvalue weighted by atomic mass is 9.72. The van der Waals surface area contributed by atoms with Gasteiger partial charge in [0.15, 0.2) is 5.82 Å². The second kappa shape index (κ2) is 4.49. The van der Waals surface area contributed by atoms with E-state index < -0.39 is 5.60 Å². The highest BCUT2D eigenvalue weighted by Gasteiger charge is 2.38. The Morgan fingerprint density at radius 3 is 2.94 bits per heavy atom. The molecule has 1 saturated carbocycles. The maximum Gasteiger partial charge on any atom is 0.177 e. The van der Waals surface area contributed by atoms with Gasteiger partial charge in [0, 0.05) is 6.42 Å². The Hall–Kier alpha value is -0.970. The van der Waals surface area contributed by atoms with E-state index in [0.29, 0.717) is 18.2 Å². The molecule has 2 rings (SSSR count). The molecule has 2 atom stereocenters. The van der Waals surface area contributed by atoms with Crippen molar-refractivity contribution in [2.45, 2.75) is 51.0 Å². The number of nitrogens with zero attached hydrogens (tertiary/aromatic N) is 4. The van der Waals surface area contributed by atoms with Gasteiger partial charge in [-0.05, 0) is 24.0 Å². The number of tetrazole rings is 1. The van der Waals surface area contributed by atoms with Gasteiger partial charge < -0.3 is 5.11 Å². The largest absolute Gasteiger partial charge is 0.389 e. The SMILES string of the molecule is CCC1CCCCC1(O)Cc1nnn(C)n1. The molecule has 0 radical (unpaired) electrons. The van der Waals surface area contributed by atoms with Gasteiger partial charge in [0.25, 0.3) is 0 Å². The molecule has 0 bridgehead atoms. The van der Waals surface area contributed by atoms with Crippen LogP contribution in [0, 0.1) is 5.92 Å². The lowest BCUT2D eigenvalue weighted by Gasteiger charge is -2.39. The van der Waals surface area contributed by atoms with Crippen molar-refractivity contribution in [2.24, 2.45) is 13.0 Å². The van der Waals surface area contributed by atoms with E-state index in [1.165, 1.54) is 11.2 Å². The molecule has 1 aliphatic rings. The molecule has 0 spiro atoms. The fourth-order valence-electron chi connectivity index (χ4n) is 2.78. The second-order valence-electron chi connectivity index (χ2n) is 4.83. The molecule has 5 nitrogen and oxygen atoms in total. The predicted octanol–water partition coefficient (Wildman–Crippen LogP) is 1.08. The Labute approximate surface area is 95.9 Å². The molecule has 1 aliphatic carbocycles. The van der Waals surface area contributed by atoms with E-state index in [2.05, 4.69) is 22.3 Å². The van der Waals surface area contributed by atoms with Crippen LogP contribution in [0.3, 0.4) is 0 Å². The second-order valence-corrected chi connectivity index (χ2v) is 4.83. The molecule has 5 heteroatoms. The first-order valence-corrected chi connectivity index (χ1v) is 6.09. The quantitative estimate of drug-likeness (QED) is 0.834. The highest BCUT2D eigenvalue weighted by atomic mass is 16.3.